The molecule has 0 bridgehead atoms. The third-order valence-electron chi connectivity index (χ3n) is 6.39. The van der Waals surface area contributed by atoms with Crippen LogP contribution in [0.2, 0.25) is 0 Å². The number of carbonyl (C=O) groups is 2. The summed E-state index contributed by atoms with van der Waals surface area (Å²) in [5.41, 5.74) is 1.70. The summed E-state index contributed by atoms with van der Waals surface area (Å²) in [7, 11) is 0. The molecule has 2 aliphatic heterocycles. The maximum absolute atomic E-state index is 12.7. The number of amides is 2. The minimum absolute atomic E-state index is 0.0672. The molecule has 7 nitrogen and oxygen atoms in total. The van der Waals surface area contributed by atoms with Crippen LogP contribution in [0.5, 0.6) is 0 Å². The SMILES string of the molecule is Cc1cc(C(=O)N2CCC[C@@H](CCC(=O)N3CCN(Cc4ccccc4)CC3)C2)no1. The fourth-order valence-corrected chi connectivity index (χ4v) is 4.60. The highest BCUT2D eigenvalue weighted by Crippen LogP contribution is 2.23. The number of nitrogens with zero attached hydrogens (tertiary/aromatic N) is 4. The van der Waals surface area contributed by atoms with E-state index in [-0.39, 0.29) is 11.8 Å². The van der Waals surface area contributed by atoms with Gasteiger partial charge in [-0.05, 0) is 37.7 Å². The molecule has 1 aromatic carbocycles. The summed E-state index contributed by atoms with van der Waals surface area (Å²) in [6, 6.07) is 12.2. The number of rotatable bonds is 6. The molecule has 166 valence electrons. The second-order valence-corrected chi connectivity index (χ2v) is 8.76. The zero-order valence-corrected chi connectivity index (χ0v) is 18.3. The molecule has 2 amide bonds. The van der Waals surface area contributed by atoms with E-state index in [1.165, 1.54) is 5.56 Å². The van der Waals surface area contributed by atoms with Crippen molar-refractivity contribution in [2.45, 2.75) is 39.2 Å². The zero-order chi connectivity index (χ0) is 21.6. The predicted octanol–water partition coefficient (Wildman–Crippen LogP) is 2.96. The first kappa shape index (κ1) is 21.6. The van der Waals surface area contributed by atoms with Crippen molar-refractivity contribution in [3.8, 4) is 0 Å². The largest absolute Gasteiger partial charge is 0.361 e. The normalized spacial score (nSPS) is 20.1. The number of carbonyl (C=O) groups excluding carboxylic acids is 2. The molecule has 0 N–H and O–H groups in total. The number of hydrogen-bond acceptors (Lipinski definition) is 5. The van der Waals surface area contributed by atoms with Gasteiger partial charge in [0.1, 0.15) is 5.76 Å². The van der Waals surface area contributed by atoms with Crippen LogP contribution in [0, 0.1) is 12.8 Å². The lowest BCUT2D eigenvalue weighted by Crippen LogP contribution is -2.48. The highest BCUT2D eigenvalue weighted by atomic mass is 16.5. The number of aryl methyl sites for hydroxylation is 1. The van der Waals surface area contributed by atoms with Crippen molar-refractivity contribution in [1.29, 1.82) is 0 Å². The summed E-state index contributed by atoms with van der Waals surface area (Å²) in [6.45, 7) is 7.61. The molecular formula is C24H32N4O3. The van der Waals surface area contributed by atoms with Crippen LogP contribution in [-0.4, -0.2) is 70.9 Å². The van der Waals surface area contributed by atoms with E-state index in [9.17, 15) is 9.59 Å². The highest BCUT2D eigenvalue weighted by molar-refractivity contribution is 5.92. The molecule has 2 aromatic rings. The molecule has 0 radical (unpaired) electrons. The lowest BCUT2D eigenvalue weighted by Gasteiger charge is -2.36. The molecule has 0 spiro atoms. The quantitative estimate of drug-likeness (QED) is 0.713. The van der Waals surface area contributed by atoms with Gasteiger partial charge in [-0.1, -0.05) is 35.5 Å². The molecular weight excluding hydrogens is 392 g/mol. The highest BCUT2D eigenvalue weighted by Gasteiger charge is 2.27. The molecule has 1 aromatic heterocycles. The Morgan fingerprint density at radius 3 is 2.55 bits per heavy atom. The molecule has 3 heterocycles. The number of benzene rings is 1. The summed E-state index contributed by atoms with van der Waals surface area (Å²) < 4.78 is 5.04. The van der Waals surface area contributed by atoms with Gasteiger partial charge >= 0.3 is 0 Å². The third kappa shape index (κ3) is 5.73. The maximum atomic E-state index is 12.7. The molecule has 2 fully saturated rings. The van der Waals surface area contributed by atoms with Crippen LogP contribution in [0.25, 0.3) is 0 Å². The fraction of sp³-hybridized carbons (Fsp3) is 0.542. The van der Waals surface area contributed by atoms with E-state index in [2.05, 4.69) is 34.3 Å². The van der Waals surface area contributed by atoms with E-state index in [0.29, 0.717) is 30.3 Å². The van der Waals surface area contributed by atoms with Crippen molar-refractivity contribution in [2.24, 2.45) is 5.92 Å². The third-order valence-corrected chi connectivity index (χ3v) is 6.39. The van der Waals surface area contributed by atoms with Crippen molar-refractivity contribution in [3.05, 3.63) is 53.4 Å². The van der Waals surface area contributed by atoms with Gasteiger partial charge in [0.15, 0.2) is 5.69 Å². The average Bonchev–Trinajstić information content (AvgIpc) is 3.24. The van der Waals surface area contributed by atoms with E-state index in [1.54, 1.807) is 13.0 Å². The van der Waals surface area contributed by atoms with Crippen molar-refractivity contribution in [3.63, 3.8) is 0 Å². The number of hydrogen-bond donors (Lipinski definition) is 0. The lowest BCUT2D eigenvalue weighted by atomic mass is 9.93. The van der Waals surface area contributed by atoms with Gasteiger partial charge < -0.3 is 14.3 Å². The topological polar surface area (TPSA) is 69.9 Å². The van der Waals surface area contributed by atoms with Gasteiger partial charge in [-0.3, -0.25) is 14.5 Å². The summed E-state index contributed by atoms with van der Waals surface area (Å²) in [4.78, 5) is 31.7. The molecule has 0 unspecified atom stereocenters. The van der Waals surface area contributed by atoms with Crippen LogP contribution in [0.15, 0.2) is 40.9 Å². The zero-order valence-electron chi connectivity index (χ0n) is 18.3. The van der Waals surface area contributed by atoms with Gasteiger partial charge in [-0.25, -0.2) is 0 Å². The first-order chi connectivity index (χ1) is 15.1. The van der Waals surface area contributed by atoms with Crippen LogP contribution in [0.1, 0.15) is 47.5 Å². The van der Waals surface area contributed by atoms with Crippen LogP contribution >= 0.6 is 0 Å². The second-order valence-electron chi connectivity index (χ2n) is 8.76. The van der Waals surface area contributed by atoms with Gasteiger partial charge in [0, 0.05) is 58.3 Å². The Balaban J connectivity index is 1.19. The van der Waals surface area contributed by atoms with Crippen molar-refractivity contribution < 1.29 is 14.1 Å². The first-order valence-corrected chi connectivity index (χ1v) is 11.3. The summed E-state index contributed by atoms with van der Waals surface area (Å²) >= 11 is 0. The number of piperazine rings is 1. The summed E-state index contributed by atoms with van der Waals surface area (Å²) in [6.07, 6.45) is 3.44. The first-order valence-electron chi connectivity index (χ1n) is 11.3. The van der Waals surface area contributed by atoms with E-state index >= 15 is 0 Å². The maximum Gasteiger partial charge on any atom is 0.276 e. The molecule has 1 atom stereocenters. The Labute approximate surface area is 184 Å². The van der Waals surface area contributed by atoms with Gasteiger partial charge in [0.25, 0.3) is 5.91 Å². The monoisotopic (exact) mass is 424 g/mol. The molecule has 0 saturated carbocycles. The Morgan fingerprint density at radius 1 is 1.06 bits per heavy atom. The molecule has 2 saturated heterocycles. The average molecular weight is 425 g/mol. The minimum atomic E-state index is -0.0672. The van der Waals surface area contributed by atoms with Gasteiger partial charge in [0.05, 0.1) is 0 Å². The van der Waals surface area contributed by atoms with Crippen LogP contribution in [0.3, 0.4) is 0 Å². The Morgan fingerprint density at radius 2 is 1.84 bits per heavy atom. The van der Waals surface area contributed by atoms with Crippen LogP contribution < -0.4 is 0 Å². The van der Waals surface area contributed by atoms with Crippen molar-refractivity contribution in [2.75, 3.05) is 39.3 Å². The van der Waals surface area contributed by atoms with Crippen LogP contribution in [0.4, 0.5) is 0 Å². The lowest BCUT2D eigenvalue weighted by molar-refractivity contribution is -0.133. The van der Waals surface area contributed by atoms with E-state index < -0.39 is 0 Å². The number of likely N-dealkylation sites (tertiary alicyclic amines) is 1. The van der Waals surface area contributed by atoms with Crippen molar-refractivity contribution >= 4 is 11.8 Å². The van der Waals surface area contributed by atoms with Crippen molar-refractivity contribution in [1.82, 2.24) is 19.9 Å². The standard InChI is InChI=1S/C24H32N4O3/c1-19-16-22(25-31-19)24(30)28-11-5-8-21(18-28)9-10-23(29)27-14-12-26(13-15-27)17-20-6-3-2-4-7-20/h2-4,6-7,16,21H,5,8-15,17-18H2,1H3/t21-/m0/s1. The summed E-state index contributed by atoms with van der Waals surface area (Å²) in [5, 5.41) is 3.85. The van der Waals surface area contributed by atoms with Gasteiger partial charge in [0.2, 0.25) is 5.91 Å². The molecule has 31 heavy (non-hydrogen) atoms. The molecule has 0 aliphatic carbocycles. The van der Waals surface area contributed by atoms with E-state index in [0.717, 1.165) is 58.5 Å². The Kier molecular flexibility index (Phi) is 7.02. The van der Waals surface area contributed by atoms with Crippen LogP contribution in [-0.2, 0) is 11.3 Å². The second kappa shape index (κ2) is 10.1. The predicted molar refractivity (Wildman–Crippen MR) is 117 cm³/mol. The number of piperidine rings is 1. The Hall–Kier alpha value is -2.67. The molecule has 7 heteroatoms. The fourth-order valence-electron chi connectivity index (χ4n) is 4.60. The minimum Gasteiger partial charge on any atom is -0.361 e. The van der Waals surface area contributed by atoms with Gasteiger partial charge in [-0.15, -0.1) is 0 Å². The summed E-state index contributed by atoms with van der Waals surface area (Å²) in [5.74, 6) is 1.19. The molecule has 2 aliphatic rings. The smallest absolute Gasteiger partial charge is 0.276 e. The number of aromatic nitrogens is 1. The molecule has 4 rings (SSSR count). The van der Waals surface area contributed by atoms with E-state index in [1.807, 2.05) is 15.9 Å². The van der Waals surface area contributed by atoms with E-state index in [4.69, 9.17) is 4.52 Å². The van der Waals surface area contributed by atoms with Gasteiger partial charge in [-0.2, -0.15) is 0 Å². The Bertz CT molecular complexity index is 874.